The summed E-state index contributed by atoms with van der Waals surface area (Å²) in [5.41, 5.74) is 1.58. The molecule has 1 rings (SSSR count). The molecule has 1 heteroatoms. The molecule has 0 aliphatic heterocycles. The van der Waals surface area contributed by atoms with Crippen LogP contribution in [0, 0.1) is 0 Å². The predicted molar refractivity (Wildman–Crippen MR) is 41.9 cm³/mol. The average molecular weight is 132 g/mol. The van der Waals surface area contributed by atoms with Crippen LogP contribution in [0.4, 0.5) is 0 Å². The van der Waals surface area contributed by atoms with Gasteiger partial charge in [-0.15, -0.1) is 0 Å². The Morgan fingerprint density at radius 3 is 2.20 bits per heavy atom. The first-order chi connectivity index (χ1) is 4.88. The standard InChI is InChI=1S/C9H8O/c1-2-8-5-3-4-6-9(8)7-10/h2-7H,1H2. The van der Waals surface area contributed by atoms with E-state index in [4.69, 9.17) is 0 Å². The van der Waals surface area contributed by atoms with Crippen LogP contribution in [0.2, 0.25) is 0 Å². The topological polar surface area (TPSA) is 17.1 Å². The molecule has 0 fully saturated rings. The largest absolute Gasteiger partial charge is 0.298 e. The zero-order chi connectivity index (χ0) is 7.40. The van der Waals surface area contributed by atoms with Gasteiger partial charge in [0.05, 0.1) is 0 Å². The monoisotopic (exact) mass is 132 g/mol. The van der Waals surface area contributed by atoms with E-state index >= 15 is 0 Å². The van der Waals surface area contributed by atoms with Gasteiger partial charge in [-0.25, -0.2) is 0 Å². The van der Waals surface area contributed by atoms with Crippen molar-refractivity contribution in [1.82, 2.24) is 0 Å². The van der Waals surface area contributed by atoms with Crippen molar-refractivity contribution < 1.29 is 4.79 Å². The first-order valence-corrected chi connectivity index (χ1v) is 3.05. The second kappa shape index (κ2) is 2.97. The van der Waals surface area contributed by atoms with Crippen molar-refractivity contribution in [3.8, 4) is 0 Å². The molecular weight excluding hydrogens is 124 g/mol. The Kier molecular flexibility index (Phi) is 2.00. The predicted octanol–water partition coefficient (Wildman–Crippen LogP) is 2.14. The molecule has 0 bridgehead atoms. The van der Waals surface area contributed by atoms with Crippen molar-refractivity contribution in [3.63, 3.8) is 0 Å². The number of carbonyl (C=O) groups is 1. The molecule has 0 amide bonds. The van der Waals surface area contributed by atoms with Gasteiger partial charge in [0.2, 0.25) is 0 Å². The number of hydrogen-bond donors (Lipinski definition) is 0. The van der Waals surface area contributed by atoms with Crippen LogP contribution >= 0.6 is 0 Å². The second-order valence-corrected chi connectivity index (χ2v) is 1.95. The van der Waals surface area contributed by atoms with E-state index in [2.05, 4.69) is 6.58 Å². The van der Waals surface area contributed by atoms with Gasteiger partial charge in [0.25, 0.3) is 0 Å². The smallest absolute Gasteiger partial charge is 0.150 e. The number of hydrogen-bond acceptors (Lipinski definition) is 1. The Labute approximate surface area is 60.0 Å². The maximum atomic E-state index is 10.3. The third-order valence-electron chi connectivity index (χ3n) is 1.34. The summed E-state index contributed by atoms with van der Waals surface area (Å²) < 4.78 is 0. The van der Waals surface area contributed by atoms with Crippen molar-refractivity contribution in [2.45, 2.75) is 0 Å². The molecule has 10 heavy (non-hydrogen) atoms. The Balaban J connectivity index is 3.20. The molecular formula is C9H8O. The summed E-state index contributed by atoms with van der Waals surface area (Å²) in [4.78, 5) is 10.3. The zero-order valence-corrected chi connectivity index (χ0v) is 5.58. The van der Waals surface area contributed by atoms with E-state index in [1.54, 1.807) is 12.1 Å². The van der Waals surface area contributed by atoms with Crippen molar-refractivity contribution in [2.24, 2.45) is 0 Å². The van der Waals surface area contributed by atoms with Crippen LogP contribution in [0.15, 0.2) is 30.8 Å². The van der Waals surface area contributed by atoms with Crippen LogP contribution < -0.4 is 0 Å². The number of carbonyl (C=O) groups excluding carboxylic acids is 1. The normalized spacial score (nSPS) is 8.80. The third-order valence-corrected chi connectivity index (χ3v) is 1.34. The van der Waals surface area contributed by atoms with Gasteiger partial charge >= 0.3 is 0 Å². The minimum atomic E-state index is 0.692. The Bertz CT molecular complexity index is 224. The quantitative estimate of drug-likeness (QED) is 0.563. The summed E-state index contributed by atoms with van der Waals surface area (Å²) in [6.07, 6.45) is 2.50. The number of benzene rings is 1. The lowest BCUT2D eigenvalue weighted by atomic mass is 10.1. The van der Waals surface area contributed by atoms with Crippen molar-refractivity contribution >= 4 is 12.4 Å². The molecule has 0 atom stereocenters. The van der Waals surface area contributed by atoms with Crippen LogP contribution in [-0.4, -0.2) is 6.29 Å². The van der Waals surface area contributed by atoms with E-state index in [-0.39, 0.29) is 0 Å². The summed E-state index contributed by atoms with van der Waals surface area (Å²) in [7, 11) is 0. The molecule has 0 unspecified atom stereocenters. The van der Waals surface area contributed by atoms with Gasteiger partial charge in [0.1, 0.15) is 0 Å². The molecule has 1 aromatic carbocycles. The van der Waals surface area contributed by atoms with E-state index in [1.807, 2.05) is 18.2 Å². The molecule has 1 aromatic rings. The SMILES string of the molecule is C=Cc1ccccc1C=O. The van der Waals surface area contributed by atoms with Gasteiger partial charge in [0, 0.05) is 5.56 Å². The first kappa shape index (κ1) is 6.75. The third kappa shape index (κ3) is 1.13. The minimum Gasteiger partial charge on any atom is -0.298 e. The van der Waals surface area contributed by atoms with Crippen LogP contribution in [0.25, 0.3) is 6.08 Å². The van der Waals surface area contributed by atoms with Crippen LogP contribution in [0.1, 0.15) is 15.9 Å². The summed E-state index contributed by atoms with van der Waals surface area (Å²) >= 11 is 0. The minimum absolute atomic E-state index is 0.692. The summed E-state index contributed by atoms with van der Waals surface area (Å²) in [5, 5.41) is 0. The maximum Gasteiger partial charge on any atom is 0.150 e. The summed E-state index contributed by atoms with van der Waals surface area (Å²) in [6, 6.07) is 7.33. The van der Waals surface area contributed by atoms with Gasteiger partial charge in [0.15, 0.2) is 6.29 Å². The average Bonchev–Trinajstić information content (AvgIpc) is 2.04. The first-order valence-electron chi connectivity index (χ1n) is 3.05. The molecule has 0 radical (unpaired) electrons. The van der Waals surface area contributed by atoms with Crippen molar-refractivity contribution in [2.75, 3.05) is 0 Å². The molecule has 0 heterocycles. The number of aldehydes is 1. The van der Waals surface area contributed by atoms with E-state index < -0.39 is 0 Å². The highest BCUT2D eigenvalue weighted by atomic mass is 16.1. The molecule has 0 spiro atoms. The maximum absolute atomic E-state index is 10.3. The molecule has 50 valence electrons. The highest BCUT2D eigenvalue weighted by Crippen LogP contribution is 2.06. The highest BCUT2D eigenvalue weighted by molar-refractivity contribution is 5.81. The molecule has 1 nitrogen and oxygen atoms in total. The summed E-state index contributed by atoms with van der Waals surface area (Å²) in [6.45, 7) is 3.58. The van der Waals surface area contributed by atoms with E-state index in [0.717, 1.165) is 11.8 Å². The molecule has 0 N–H and O–H groups in total. The Morgan fingerprint density at radius 1 is 1.20 bits per heavy atom. The lowest BCUT2D eigenvalue weighted by Crippen LogP contribution is -1.82. The van der Waals surface area contributed by atoms with Crippen LogP contribution in [0.5, 0.6) is 0 Å². The lowest BCUT2D eigenvalue weighted by molar-refractivity contribution is 0.112. The summed E-state index contributed by atoms with van der Waals surface area (Å²) in [5.74, 6) is 0. The van der Waals surface area contributed by atoms with Crippen LogP contribution in [-0.2, 0) is 0 Å². The fraction of sp³-hybridized carbons (Fsp3) is 0. The molecule has 0 saturated carbocycles. The van der Waals surface area contributed by atoms with Crippen molar-refractivity contribution in [1.29, 1.82) is 0 Å². The Morgan fingerprint density at radius 2 is 1.80 bits per heavy atom. The van der Waals surface area contributed by atoms with Crippen LogP contribution in [0.3, 0.4) is 0 Å². The van der Waals surface area contributed by atoms with Gasteiger partial charge < -0.3 is 0 Å². The molecule has 0 aliphatic rings. The second-order valence-electron chi connectivity index (χ2n) is 1.95. The zero-order valence-electron chi connectivity index (χ0n) is 5.58. The van der Waals surface area contributed by atoms with Gasteiger partial charge in [-0.1, -0.05) is 36.9 Å². The van der Waals surface area contributed by atoms with Gasteiger partial charge in [-0.3, -0.25) is 4.79 Å². The lowest BCUT2D eigenvalue weighted by Gasteiger charge is -1.94. The molecule has 0 saturated heterocycles. The fourth-order valence-electron chi connectivity index (χ4n) is 0.804. The fourth-order valence-corrected chi connectivity index (χ4v) is 0.804. The Hall–Kier alpha value is -1.37. The van der Waals surface area contributed by atoms with E-state index in [1.165, 1.54) is 0 Å². The molecule has 0 aliphatic carbocycles. The van der Waals surface area contributed by atoms with Gasteiger partial charge in [-0.2, -0.15) is 0 Å². The van der Waals surface area contributed by atoms with Crippen molar-refractivity contribution in [3.05, 3.63) is 42.0 Å². The molecule has 0 aromatic heterocycles. The van der Waals surface area contributed by atoms with E-state index in [9.17, 15) is 4.79 Å². The highest BCUT2D eigenvalue weighted by Gasteiger charge is 1.92. The van der Waals surface area contributed by atoms with E-state index in [0.29, 0.717) is 5.56 Å². The van der Waals surface area contributed by atoms with Gasteiger partial charge in [-0.05, 0) is 5.56 Å². The number of rotatable bonds is 2.